The van der Waals surface area contributed by atoms with E-state index >= 15 is 0 Å². The number of hydrogen-bond donors (Lipinski definition) is 1. The number of imidazole rings is 1. The van der Waals surface area contributed by atoms with Crippen molar-refractivity contribution >= 4 is 23.2 Å². The topological polar surface area (TPSA) is 32.6 Å². The van der Waals surface area contributed by atoms with Crippen LogP contribution in [0.1, 0.15) is 25.0 Å². The standard InChI is InChI=1S/C16H22N4S/c1-2-8-20-14(12-17-13-5-6-13)16(18-15(20)4-1)19-7-3-10-21-11-9-19/h1-2,4,8,13,17H,3,5-7,9-12H2. The minimum Gasteiger partial charge on any atom is -0.354 e. The van der Waals surface area contributed by atoms with E-state index in [0.29, 0.717) is 0 Å². The third kappa shape index (κ3) is 2.90. The lowest BCUT2D eigenvalue weighted by Gasteiger charge is -2.21. The van der Waals surface area contributed by atoms with Gasteiger partial charge in [0.1, 0.15) is 5.65 Å². The Morgan fingerprint density at radius 2 is 2.19 bits per heavy atom. The third-order valence-corrected chi connectivity index (χ3v) is 5.31. The van der Waals surface area contributed by atoms with E-state index in [9.17, 15) is 0 Å². The van der Waals surface area contributed by atoms with Crippen LogP contribution in [0.3, 0.4) is 0 Å². The van der Waals surface area contributed by atoms with Crippen LogP contribution in [0.15, 0.2) is 24.4 Å². The molecule has 1 aliphatic carbocycles. The molecule has 4 rings (SSSR count). The van der Waals surface area contributed by atoms with Crippen molar-refractivity contribution in [3.8, 4) is 0 Å². The highest BCUT2D eigenvalue weighted by atomic mass is 32.2. The number of aromatic nitrogens is 2. The van der Waals surface area contributed by atoms with Crippen LogP contribution < -0.4 is 10.2 Å². The molecule has 0 spiro atoms. The number of thioether (sulfide) groups is 1. The molecule has 0 unspecified atom stereocenters. The largest absolute Gasteiger partial charge is 0.354 e. The monoisotopic (exact) mass is 302 g/mol. The fourth-order valence-corrected chi connectivity index (χ4v) is 3.82. The van der Waals surface area contributed by atoms with Crippen LogP contribution in [0, 0.1) is 0 Å². The van der Waals surface area contributed by atoms with E-state index in [-0.39, 0.29) is 0 Å². The van der Waals surface area contributed by atoms with Crippen LogP contribution in [0.5, 0.6) is 0 Å². The van der Waals surface area contributed by atoms with Gasteiger partial charge < -0.3 is 14.6 Å². The molecule has 5 heteroatoms. The van der Waals surface area contributed by atoms with Crippen LogP contribution in [-0.2, 0) is 6.54 Å². The maximum Gasteiger partial charge on any atom is 0.152 e. The Bertz CT molecular complexity index is 612. The first-order valence-corrected chi connectivity index (χ1v) is 9.09. The van der Waals surface area contributed by atoms with Crippen LogP contribution >= 0.6 is 11.8 Å². The quantitative estimate of drug-likeness (QED) is 0.941. The summed E-state index contributed by atoms with van der Waals surface area (Å²) in [6.07, 6.45) is 6.05. The highest BCUT2D eigenvalue weighted by Gasteiger charge is 2.24. The zero-order chi connectivity index (χ0) is 14.1. The Morgan fingerprint density at radius 3 is 3.10 bits per heavy atom. The average Bonchev–Trinajstić information content (AvgIpc) is 3.30. The molecule has 2 fully saturated rings. The Hall–Kier alpha value is -1.20. The number of hydrogen-bond acceptors (Lipinski definition) is 4. The summed E-state index contributed by atoms with van der Waals surface area (Å²) in [4.78, 5) is 7.40. The van der Waals surface area contributed by atoms with Crippen LogP contribution in [0.25, 0.3) is 5.65 Å². The Morgan fingerprint density at radius 1 is 1.24 bits per heavy atom. The Labute approximate surface area is 129 Å². The maximum atomic E-state index is 4.92. The molecule has 0 atom stereocenters. The van der Waals surface area contributed by atoms with Crippen molar-refractivity contribution in [1.29, 1.82) is 0 Å². The van der Waals surface area contributed by atoms with Gasteiger partial charge in [0, 0.05) is 37.6 Å². The second-order valence-corrected chi connectivity index (χ2v) is 7.14. The highest BCUT2D eigenvalue weighted by Crippen LogP contribution is 2.26. The molecule has 4 nitrogen and oxygen atoms in total. The molecule has 2 aliphatic rings. The van der Waals surface area contributed by atoms with Gasteiger partial charge in [-0.05, 0) is 37.1 Å². The van der Waals surface area contributed by atoms with Gasteiger partial charge in [0.2, 0.25) is 0 Å². The minimum atomic E-state index is 0.729. The fraction of sp³-hybridized carbons (Fsp3) is 0.562. The van der Waals surface area contributed by atoms with Crippen molar-refractivity contribution in [2.75, 3.05) is 29.5 Å². The summed E-state index contributed by atoms with van der Waals surface area (Å²) in [7, 11) is 0. The van der Waals surface area contributed by atoms with Crippen LogP contribution in [0.4, 0.5) is 5.82 Å². The summed E-state index contributed by atoms with van der Waals surface area (Å²) in [6, 6.07) is 7.00. The van der Waals surface area contributed by atoms with Gasteiger partial charge in [-0.25, -0.2) is 4.98 Å². The lowest BCUT2D eigenvalue weighted by atomic mass is 10.3. The molecule has 1 saturated carbocycles. The first-order valence-electron chi connectivity index (χ1n) is 7.94. The molecular formula is C16H22N4S. The van der Waals surface area contributed by atoms with E-state index in [1.165, 1.54) is 42.3 Å². The van der Waals surface area contributed by atoms with Crippen molar-refractivity contribution in [1.82, 2.24) is 14.7 Å². The maximum absolute atomic E-state index is 4.92. The highest BCUT2D eigenvalue weighted by molar-refractivity contribution is 7.99. The zero-order valence-corrected chi connectivity index (χ0v) is 13.1. The van der Waals surface area contributed by atoms with Gasteiger partial charge in [-0.2, -0.15) is 11.8 Å². The number of rotatable bonds is 4. The van der Waals surface area contributed by atoms with Crippen molar-refractivity contribution in [3.05, 3.63) is 30.1 Å². The van der Waals surface area contributed by atoms with Gasteiger partial charge >= 0.3 is 0 Å². The summed E-state index contributed by atoms with van der Waals surface area (Å²) in [5.41, 5.74) is 2.39. The molecule has 2 aromatic rings. The molecule has 112 valence electrons. The van der Waals surface area contributed by atoms with E-state index in [1.54, 1.807) is 0 Å². The lowest BCUT2D eigenvalue weighted by molar-refractivity contribution is 0.665. The minimum absolute atomic E-state index is 0.729. The van der Waals surface area contributed by atoms with Crippen molar-refractivity contribution < 1.29 is 0 Å². The molecule has 1 saturated heterocycles. The molecule has 1 N–H and O–H groups in total. The molecule has 21 heavy (non-hydrogen) atoms. The van der Waals surface area contributed by atoms with Gasteiger partial charge in [0.15, 0.2) is 5.82 Å². The van der Waals surface area contributed by atoms with E-state index in [2.05, 4.69) is 50.8 Å². The first-order chi connectivity index (χ1) is 10.4. The van der Waals surface area contributed by atoms with E-state index in [1.807, 2.05) is 0 Å². The van der Waals surface area contributed by atoms with Crippen LogP contribution in [-0.4, -0.2) is 40.0 Å². The number of fused-ring (bicyclic) bond motifs is 1. The van der Waals surface area contributed by atoms with Gasteiger partial charge in [-0.15, -0.1) is 0 Å². The first kappa shape index (κ1) is 13.5. The van der Waals surface area contributed by atoms with E-state index in [4.69, 9.17) is 4.98 Å². The number of nitrogens with zero attached hydrogens (tertiary/aromatic N) is 3. The van der Waals surface area contributed by atoms with Gasteiger partial charge in [0.05, 0.1) is 5.69 Å². The van der Waals surface area contributed by atoms with Crippen molar-refractivity contribution in [2.24, 2.45) is 0 Å². The normalized spacial score (nSPS) is 19.9. The smallest absolute Gasteiger partial charge is 0.152 e. The molecule has 0 radical (unpaired) electrons. The molecule has 0 amide bonds. The SMILES string of the molecule is c1ccn2c(CNC3CC3)c(N3CCCSCC3)nc2c1. The second-order valence-electron chi connectivity index (χ2n) is 5.92. The lowest BCUT2D eigenvalue weighted by Crippen LogP contribution is -2.28. The molecular weight excluding hydrogens is 280 g/mol. The zero-order valence-electron chi connectivity index (χ0n) is 12.3. The number of pyridine rings is 1. The molecule has 0 aromatic carbocycles. The van der Waals surface area contributed by atoms with E-state index < -0.39 is 0 Å². The summed E-state index contributed by atoms with van der Waals surface area (Å²) in [5.74, 6) is 3.68. The molecule has 1 aliphatic heterocycles. The third-order valence-electron chi connectivity index (χ3n) is 4.27. The number of anilines is 1. The Kier molecular flexibility index (Phi) is 3.78. The van der Waals surface area contributed by atoms with Gasteiger partial charge in [-0.3, -0.25) is 0 Å². The van der Waals surface area contributed by atoms with E-state index in [0.717, 1.165) is 31.3 Å². The molecule has 3 heterocycles. The van der Waals surface area contributed by atoms with Crippen LogP contribution in [0.2, 0.25) is 0 Å². The van der Waals surface area contributed by atoms with Gasteiger partial charge in [0.25, 0.3) is 0 Å². The summed E-state index contributed by atoms with van der Waals surface area (Å²) < 4.78 is 2.25. The molecule has 0 bridgehead atoms. The predicted molar refractivity (Wildman–Crippen MR) is 89.2 cm³/mol. The predicted octanol–water partition coefficient (Wildman–Crippen LogP) is 2.53. The van der Waals surface area contributed by atoms with Gasteiger partial charge in [-0.1, -0.05) is 6.07 Å². The second kappa shape index (κ2) is 5.89. The van der Waals surface area contributed by atoms with Crippen molar-refractivity contribution in [2.45, 2.75) is 31.8 Å². The van der Waals surface area contributed by atoms with Crippen molar-refractivity contribution in [3.63, 3.8) is 0 Å². The Balaban J connectivity index is 1.68. The summed E-state index contributed by atoms with van der Waals surface area (Å²) in [5, 5.41) is 3.65. The fourth-order valence-electron chi connectivity index (χ4n) is 2.94. The summed E-state index contributed by atoms with van der Waals surface area (Å²) >= 11 is 2.06. The average molecular weight is 302 g/mol. The molecule has 2 aromatic heterocycles. The number of nitrogens with one attached hydrogen (secondary N) is 1. The summed E-state index contributed by atoms with van der Waals surface area (Å²) in [6.45, 7) is 3.17.